The molecule has 14 amide bonds. The van der Waals surface area contributed by atoms with Gasteiger partial charge in [-0.2, -0.15) is 0 Å². The van der Waals surface area contributed by atoms with Crippen LogP contribution in [-0.4, -0.2) is 324 Å². The molecule has 1 aromatic rings. The lowest BCUT2D eigenvalue weighted by molar-refractivity contribution is -0.155. The molecule has 27 N–H and O–H groups in total. The number of aliphatic hydroxyl groups is 7. The summed E-state index contributed by atoms with van der Waals surface area (Å²) in [6.45, 7) is 9.84. The number of aliphatic hydroxyl groups excluding tert-OH is 7. The summed E-state index contributed by atoms with van der Waals surface area (Å²) >= 11 is 0. The van der Waals surface area contributed by atoms with E-state index in [0.29, 0.717) is 62.1 Å². The summed E-state index contributed by atoms with van der Waals surface area (Å²) in [5.74, 6) is -17.9. The first-order valence-corrected chi connectivity index (χ1v) is 43.5. The van der Waals surface area contributed by atoms with E-state index in [0.717, 1.165) is 90.4 Å². The van der Waals surface area contributed by atoms with Crippen LogP contribution in [0.5, 0.6) is 5.75 Å². The van der Waals surface area contributed by atoms with Crippen molar-refractivity contribution in [3.05, 3.63) is 29.8 Å². The highest BCUT2D eigenvalue weighted by molar-refractivity contribution is 6.00. The van der Waals surface area contributed by atoms with E-state index in [1.807, 2.05) is 0 Å². The number of phenolic OH excluding ortho intramolecular Hbond substituents is 1. The van der Waals surface area contributed by atoms with Gasteiger partial charge in [0.15, 0.2) is 0 Å². The van der Waals surface area contributed by atoms with Gasteiger partial charge in [-0.25, -0.2) is 4.79 Å². The summed E-state index contributed by atoms with van der Waals surface area (Å²) in [5, 5.41) is 116. The van der Waals surface area contributed by atoms with Crippen LogP contribution >= 0.6 is 0 Å². The predicted octanol–water partition coefficient (Wildman–Crippen LogP) is -6.21. The first kappa shape index (κ1) is 107. The SMILES string of the molecule is CCCCCCCCCCCCC[C@@H]1CC(=O)N[C@H]([C@@H](C)O)C(=O)N[C@H](C)C(=O)N[C@@H](Cc2ccc(O)cc2)C(=O)N[C@@H](C(C)C)C(=O)N2C[C@H](O)C[C@H]2C(=O)N[C@H]([C@@H](C)O)C(=O)N[C@@H]([C@@H](C)O)C(=O)N2CC[C@H](O)[C@H]2C(=O)NC(C(O)CC(N)=O)C(=O)NCC(=O)N[C@H]([C@@H](C)O)C(=O)N[C@@H](CCCN(CCCN)C(=O)[C@H](CCCN)NCCCN)C(=O)O1. The molecule has 3 heterocycles. The van der Waals surface area contributed by atoms with E-state index in [1.165, 1.54) is 49.9 Å². The first-order valence-electron chi connectivity index (χ1n) is 43.5. The van der Waals surface area contributed by atoms with E-state index in [4.69, 9.17) is 27.7 Å². The Bertz CT molecular complexity index is 3620. The summed E-state index contributed by atoms with van der Waals surface area (Å²) < 4.78 is 6.17. The number of carbonyl (C=O) groups is 15. The normalized spacial score (nSPS) is 26.3. The van der Waals surface area contributed by atoms with E-state index in [-0.39, 0.29) is 69.9 Å². The van der Waals surface area contributed by atoms with Crippen LogP contribution in [0, 0.1) is 5.92 Å². The van der Waals surface area contributed by atoms with E-state index in [2.05, 4.69) is 65.4 Å². The number of primary amides is 1. The number of nitrogens with one attached hydrogen (secondary N) is 11. The molecule has 4 rings (SSSR count). The zero-order valence-electron chi connectivity index (χ0n) is 72.8. The number of carbonyl (C=O) groups excluding carboxylic acids is 15. The van der Waals surface area contributed by atoms with Crippen LogP contribution in [0.25, 0.3) is 0 Å². The fraction of sp³-hybridized carbons (Fsp3) is 0.744. The van der Waals surface area contributed by atoms with Crippen LogP contribution in [0.15, 0.2) is 24.3 Å². The van der Waals surface area contributed by atoms with Crippen LogP contribution in [-0.2, 0) is 83.1 Å². The number of ether oxygens (including phenoxy) is 1. The number of nitrogens with zero attached hydrogens (tertiary/aromatic N) is 3. The third-order valence-electron chi connectivity index (χ3n) is 21.9. The Kier molecular flexibility index (Phi) is 47.6. The number of aromatic hydroxyl groups is 1. The second kappa shape index (κ2) is 55.2. The molecular formula is C82H140N18O24. The van der Waals surface area contributed by atoms with Crippen LogP contribution in [0.2, 0.25) is 0 Å². The minimum absolute atomic E-state index is 0.00558. The average molecular weight is 1760 g/mol. The van der Waals surface area contributed by atoms with Crippen molar-refractivity contribution in [3.8, 4) is 5.75 Å². The zero-order valence-corrected chi connectivity index (χ0v) is 72.8. The molecule has 3 aliphatic rings. The van der Waals surface area contributed by atoms with Crippen LogP contribution in [0.1, 0.15) is 202 Å². The van der Waals surface area contributed by atoms with Crippen LogP contribution in [0.3, 0.4) is 0 Å². The molecule has 3 aliphatic heterocycles. The van der Waals surface area contributed by atoms with Crippen molar-refractivity contribution >= 4 is 88.7 Å². The number of rotatable bonds is 37. The number of benzene rings is 1. The fourth-order valence-electron chi connectivity index (χ4n) is 14.8. The van der Waals surface area contributed by atoms with Gasteiger partial charge >= 0.3 is 5.97 Å². The molecule has 20 atom stereocenters. The van der Waals surface area contributed by atoms with Gasteiger partial charge in [-0.05, 0) is 142 Å². The predicted molar refractivity (Wildman–Crippen MR) is 450 cm³/mol. The second-order valence-electron chi connectivity index (χ2n) is 32.9. The van der Waals surface area contributed by atoms with Gasteiger partial charge in [0.05, 0.1) is 68.2 Å². The average Bonchev–Trinajstić information content (AvgIpc) is 1.64. The number of phenols is 1. The van der Waals surface area contributed by atoms with Gasteiger partial charge < -0.3 is 142 Å². The van der Waals surface area contributed by atoms with Crippen LogP contribution < -0.4 is 81.4 Å². The Labute approximate surface area is 724 Å². The Morgan fingerprint density at radius 3 is 1.64 bits per heavy atom. The van der Waals surface area contributed by atoms with E-state index in [1.54, 1.807) is 0 Å². The highest BCUT2D eigenvalue weighted by Crippen LogP contribution is 2.26. The smallest absolute Gasteiger partial charge is 0.328 e. The highest BCUT2D eigenvalue weighted by atomic mass is 16.5. The lowest BCUT2D eigenvalue weighted by Gasteiger charge is -2.34. The number of amides is 14. The molecule has 2 unspecified atom stereocenters. The van der Waals surface area contributed by atoms with Crippen LogP contribution in [0.4, 0.5) is 0 Å². The lowest BCUT2D eigenvalue weighted by atomic mass is 9.99. The molecule has 0 radical (unpaired) electrons. The molecule has 1 aromatic carbocycles. The van der Waals surface area contributed by atoms with Gasteiger partial charge in [0.2, 0.25) is 82.7 Å². The zero-order chi connectivity index (χ0) is 92.6. The molecule has 3 fully saturated rings. The number of hydrogen-bond acceptors (Lipinski definition) is 28. The van der Waals surface area contributed by atoms with Gasteiger partial charge in [-0.3, -0.25) is 67.1 Å². The molecule has 42 nitrogen and oxygen atoms in total. The van der Waals surface area contributed by atoms with E-state index >= 15 is 4.79 Å². The number of esters is 1. The number of unbranched alkanes of at least 4 members (excludes halogenated alkanes) is 10. The van der Waals surface area contributed by atoms with Gasteiger partial charge in [-0.1, -0.05) is 97.1 Å². The number of fused-ring (bicyclic) bond motifs is 2. The van der Waals surface area contributed by atoms with Crippen molar-refractivity contribution in [1.82, 2.24) is 73.2 Å². The summed E-state index contributed by atoms with van der Waals surface area (Å²) in [7, 11) is 0. The van der Waals surface area contributed by atoms with Crippen molar-refractivity contribution in [2.45, 2.75) is 324 Å². The van der Waals surface area contributed by atoms with Crippen molar-refractivity contribution in [3.63, 3.8) is 0 Å². The Morgan fingerprint density at radius 1 is 0.548 bits per heavy atom. The summed E-state index contributed by atoms with van der Waals surface area (Å²) in [5.41, 5.74) is 23.4. The van der Waals surface area contributed by atoms with E-state index in [9.17, 15) is 108 Å². The maximum atomic E-state index is 15.1. The van der Waals surface area contributed by atoms with Gasteiger partial charge in [0.25, 0.3) is 0 Å². The molecule has 0 aliphatic carbocycles. The van der Waals surface area contributed by atoms with Crippen molar-refractivity contribution < 1.29 is 118 Å². The summed E-state index contributed by atoms with van der Waals surface area (Å²) in [4.78, 5) is 218. The van der Waals surface area contributed by atoms with Crippen molar-refractivity contribution in [2.24, 2.45) is 28.9 Å². The van der Waals surface area contributed by atoms with Crippen molar-refractivity contribution in [1.29, 1.82) is 0 Å². The summed E-state index contributed by atoms with van der Waals surface area (Å²) in [6.07, 6.45) is -5.48. The fourth-order valence-corrected chi connectivity index (χ4v) is 14.8. The molecule has 3 saturated heterocycles. The third kappa shape index (κ3) is 35.6. The Morgan fingerprint density at radius 2 is 1.06 bits per heavy atom. The maximum absolute atomic E-state index is 15.1. The van der Waals surface area contributed by atoms with E-state index < -0.39 is 249 Å². The van der Waals surface area contributed by atoms with Gasteiger partial charge in [0.1, 0.15) is 78.3 Å². The molecule has 0 aromatic heterocycles. The number of hydrogen-bond donors (Lipinski definition) is 23. The van der Waals surface area contributed by atoms with Gasteiger partial charge in [-0.15, -0.1) is 0 Å². The molecule has 0 spiro atoms. The van der Waals surface area contributed by atoms with Crippen molar-refractivity contribution in [2.75, 3.05) is 58.9 Å². The third-order valence-corrected chi connectivity index (χ3v) is 21.9. The largest absolute Gasteiger partial charge is 0.508 e. The van der Waals surface area contributed by atoms with Gasteiger partial charge in [0, 0.05) is 39.0 Å². The number of cyclic esters (lactones) is 1. The molecule has 702 valence electrons. The summed E-state index contributed by atoms with van der Waals surface area (Å²) in [6, 6.07) is -15.6. The highest BCUT2D eigenvalue weighted by Gasteiger charge is 2.49. The Hall–Kier alpha value is -9.37. The Balaban J connectivity index is 1.90. The maximum Gasteiger partial charge on any atom is 0.328 e. The minimum atomic E-state index is -2.26. The molecule has 0 bridgehead atoms. The molecule has 0 saturated carbocycles. The topological polar surface area (TPSA) is 673 Å². The quantitative estimate of drug-likeness (QED) is 0.0218. The first-order chi connectivity index (χ1) is 58.7. The molecular weight excluding hydrogens is 1620 g/mol. The monoisotopic (exact) mass is 1760 g/mol. The minimum Gasteiger partial charge on any atom is -0.508 e. The molecule has 124 heavy (non-hydrogen) atoms. The second-order valence-corrected chi connectivity index (χ2v) is 32.9. The standard InChI is InChI=1S/C82H140N18O24/c1-9-10-11-12-13-14-15-16-17-18-19-24-54-41-62(110)92-65(47(5)101)75(116)89-46(4)71(112)91-57(39-51-27-29-52(105)30-28-51)72(113)94-64(45(2)3)80(121)100-44-53(106)40-58(100)73(114)95-67(49(7)103)77(118)96-68(50(8)104)81(122)99-38-31-59(107)70(99)78(119)97-69(60(108)42-61(86)109)74(115)88-43-63(111)93-66(48(6)102)76(117)90-56(82(123)124-54)26-21-36-98(37-23-34-85)79(120)55(25-20-32-83)87-35-22-33-84/h27-30,45-50,53-60,64-70,87,101-108H,9-26,31-44,83-85H2,1-8H3,(H2,86,109)(H,88,115)(H,89,116)(H,90,117)(H,91,112)(H,92,110)(H,93,111)(H,94,113)(H,95,114)(H,96,118)(H,97,119)/t46-,47-,48-,49-,50-,53-,54-,55+,56+,57+,58+,59+,60?,64+,65-,66-,67-,68+,69?,70+/m1/s1. The molecule has 42 heteroatoms. The number of nitrogens with two attached hydrogens (primary N) is 4. The lowest BCUT2D eigenvalue weighted by Crippen LogP contribution is -2.64.